The topological polar surface area (TPSA) is 115 Å². The van der Waals surface area contributed by atoms with Gasteiger partial charge >= 0.3 is 0 Å². The normalized spacial score (nSPS) is 19.4. The highest BCUT2D eigenvalue weighted by Crippen LogP contribution is 2.40. The highest BCUT2D eigenvalue weighted by molar-refractivity contribution is 6.33. The van der Waals surface area contributed by atoms with E-state index in [-0.39, 0.29) is 23.8 Å². The number of aliphatic hydroxyl groups is 1. The van der Waals surface area contributed by atoms with E-state index >= 15 is 0 Å². The molecule has 1 aliphatic rings. The van der Waals surface area contributed by atoms with Crippen LogP contribution in [-0.4, -0.2) is 46.9 Å². The molecule has 0 radical (unpaired) electrons. The molecule has 2 heterocycles. The number of methoxy groups -OCH3 is 2. The minimum atomic E-state index is 0.0818. The fourth-order valence-corrected chi connectivity index (χ4v) is 3.52. The zero-order chi connectivity index (χ0) is 18.7. The fourth-order valence-electron chi connectivity index (χ4n) is 3.24. The van der Waals surface area contributed by atoms with Gasteiger partial charge in [-0.1, -0.05) is 11.6 Å². The Morgan fingerprint density at radius 1 is 1.23 bits per heavy atom. The molecule has 8 nitrogen and oxygen atoms in total. The van der Waals surface area contributed by atoms with E-state index in [0.717, 1.165) is 19.3 Å². The first-order chi connectivity index (χ1) is 12.5. The molecular formula is C17H22ClN5O3. The molecule has 0 spiro atoms. The molecule has 0 amide bonds. The summed E-state index contributed by atoms with van der Waals surface area (Å²) < 4.78 is 10.5. The molecule has 0 bridgehead atoms. The number of pyridine rings is 1. The summed E-state index contributed by atoms with van der Waals surface area (Å²) in [6, 6.07) is 3.68. The molecule has 0 aliphatic heterocycles. The largest absolute Gasteiger partial charge is 0.481 e. The van der Waals surface area contributed by atoms with Crippen LogP contribution in [0.2, 0.25) is 5.15 Å². The lowest BCUT2D eigenvalue weighted by Crippen LogP contribution is -2.19. The van der Waals surface area contributed by atoms with E-state index in [4.69, 9.17) is 26.8 Å². The Morgan fingerprint density at radius 2 is 2.04 bits per heavy atom. The third-order valence-electron chi connectivity index (χ3n) is 4.53. The van der Waals surface area contributed by atoms with Crippen LogP contribution < -0.4 is 20.5 Å². The van der Waals surface area contributed by atoms with Crippen LogP contribution in [0, 0.1) is 5.92 Å². The van der Waals surface area contributed by atoms with Crippen LogP contribution in [0.5, 0.6) is 11.8 Å². The molecule has 3 rings (SSSR count). The number of anilines is 2. The predicted octanol–water partition coefficient (Wildman–Crippen LogP) is 2.36. The van der Waals surface area contributed by atoms with Crippen LogP contribution >= 0.6 is 11.6 Å². The smallest absolute Gasteiger partial charge is 0.224 e. The molecule has 26 heavy (non-hydrogen) atoms. The van der Waals surface area contributed by atoms with Crippen LogP contribution in [0.3, 0.4) is 0 Å². The summed E-state index contributed by atoms with van der Waals surface area (Å²) in [4.78, 5) is 12.7. The van der Waals surface area contributed by atoms with E-state index in [0.29, 0.717) is 34.6 Å². The summed E-state index contributed by atoms with van der Waals surface area (Å²) in [7, 11) is 3.05. The van der Waals surface area contributed by atoms with E-state index in [9.17, 15) is 5.11 Å². The minimum absolute atomic E-state index is 0.0818. The lowest BCUT2D eigenvalue weighted by atomic mass is 10.1. The standard InChI is InChI=1S/C17H22ClN5O3/c1-25-12-6-5-11(16(21-12)26-2)13-14(18)22-17(19)23-15(13)20-10-4-3-9(7-10)8-24/h5-6,9-10,24H,3-4,7-8H2,1-2H3,(H3,19,20,22,23)/t9-,10+/m1/s1. The molecule has 2 atom stereocenters. The van der Waals surface area contributed by atoms with Gasteiger partial charge in [-0.15, -0.1) is 0 Å². The van der Waals surface area contributed by atoms with Crippen molar-refractivity contribution in [3.05, 3.63) is 17.3 Å². The summed E-state index contributed by atoms with van der Waals surface area (Å²) in [5.74, 6) is 1.68. The summed E-state index contributed by atoms with van der Waals surface area (Å²) >= 11 is 6.39. The number of rotatable bonds is 6. The highest BCUT2D eigenvalue weighted by atomic mass is 35.5. The fraction of sp³-hybridized carbons (Fsp3) is 0.471. The Labute approximate surface area is 156 Å². The lowest BCUT2D eigenvalue weighted by molar-refractivity contribution is 0.229. The number of nitrogens with two attached hydrogens (primary N) is 1. The number of hydrogen-bond donors (Lipinski definition) is 3. The van der Waals surface area contributed by atoms with Gasteiger partial charge in [0.2, 0.25) is 17.7 Å². The van der Waals surface area contributed by atoms with Crippen molar-refractivity contribution in [2.24, 2.45) is 5.92 Å². The summed E-state index contributed by atoms with van der Waals surface area (Å²) in [5.41, 5.74) is 7.00. The Balaban J connectivity index is 2.02. The molecule has 0 unspecified atom stereocenters. The highest BCUT2D eigenvalue weighted by Gasteiger charge is 2.27. The number of ether oxygens (including phenoxy) is 2. The van der Waals surface area contributed by atoms with Gasteiger partial charge in [-0.05, 0) is 31.2 Å². The number of halogens is 1. The zero-order valence-corrected chi connectivity index (χ0v) is 15.5. The van der Waals surface area contributed by atoms with Crippen LogP contribution in [0.25, 0.3) is 11.1 Å². The van der Waals surface area contributed by atoms with Crippen molar-refractivity contribution in [2.75, 3.05) is 31.9 Å². The van der Waals surface area contributed by atoms with Crippen molar-refractivity contribution in [1.29, 1.82) is 0 Å². The number of aromatic nitrogens is 3. The molecule has 0 aromatic carbocycles. The second-order valence-electron chi connectivity index (χ2n) is 6.21. The number of nitrogens with one attached hydrogen (secondary N) is 1. The van der Waals surface area contributed by atoms with E-state index < -0.39 is 0 Å². The first-order valence-corrected chi connectivity index (χ1v) is 8.73. The van der Waals surface area contributed by atoms with Crippen molar-refractivity contribution in [3.63, 3.8) is 0 Å². The van der Waals surface area contributed by atoms with Gasteiger partial charge in [0.15, 0.2) is 0 Å². The summed E-state index contributed by atoms with van der Waals surface area (Å²) in [5, 5.41) is 13.0. The number of aliphatic hydroxyl groups excluding tert-OH is 1. The Hall–Kier alpha value is -2.32. The summed E-state index contributed by atoms with van der Waals surface area (Å²) in [6.45, 7) is 0.188. The molecule has 4 N–H and O–H groups in total. The average molecular weight is 380 g/mol. The van der Waals surface area contributed by atoms with Crippen LogP contribution in [0.15, 0.2) is 12.1 Å². The maximum atomic E-state index is 9.36. The van der Waals surface area contributed by atoms with Crippen LogP contribution in [-0.2, 0) is 0 Å². The van der Waals surface area contributed by atoms with Crippen molar-refractivity contribution in [3.8, 4) is 22.9 Å². The molecule has 2 aromatic heterocycles. The third kappa shape index (κ3) is 3.76. The van der Waals surface area contributed by atoms with E-state index in [1.54, 1.807) is 12.1 Å². The Bertz CT molecular complexity index is 789. The van der Waals surface area contributed by atoms with Crippen molar-refractivity contribution in [1.82, 2.24) is 15.0 Å². The van der Waals surface area contributed by atoms with Gasteiger partial charge in [-0.3, -0.25) is 0 Å². The van der Waals surface area contributed by atoms with E-state index in [1.165, 1.54) is 14.2 Å². The minimum Gasteiger partial charge on any atom is -0.481 e. The predicted molar refractivity (Wildman–Crippen MR) is 99.6 cm³/mol. The molecule has 2 aromatic rings. The SMILES string of the molecule is COc1ccc(-c2c(Cl)nc(N)nc2N[C@H]2CC[C@@H](CO)C2)c(OC)n1. The lowest BCUT2D eigenvalue weighted by Gasteiger charge is -2.19. The summed E-state index contributed by atoms with van der Waals surface area (Å²) in [6.07, 6.45) is 2.75. The molecule has 1 aliphatic carbocycles. The Kier molecular flexibility index (Phi) is 5.63. The average Bonchev–Trinajstić information content (AvgIpc) is 3.08. The van der Waals surface area contributed by atoms with Gasteiger partial charge in [0, 0.05) is 18.7 Å². The Morgan fingerprint density at radius 3 is 2.69 bits per heavy atom. The van der Waals surface area contributed by atoms with Gasteiger partial charge in [0.25, 0.3) is 0 Å². The second kappa shape index (κ2) is 7.92. The first kappa shape index (κ1) is 18.5. The molecule has 0 saturated heterocycles. The number of nitrogen functional groups attached to an aromatic ring is 1. The van der Waals surface area contributed by atoms with Gasteiger partial charge < -0.3 is 25.6 Å². The zero-order valence-electron chi connectivity index (χ0n) is 14.7. The molecule has 1 saturated carbocycles. The maximum absolute atomic E-state index is 9.36. The van der Waals surface area contributed by atoms with Crippen LogP contribution in [0.1, 0.15) is 19.3 Å². The molecular weight excluding hydrogens is 358 g/mol. The molecule has 140 valence electrons. The molecule has 1 fully saturated rings. The first-order valence-electron chi connectivity index (χ1n) is 8.35. The van der Waals surface area contributed by atoms with Crippen molar-refractivity contribution in [2.45, 2.75) is 25.3 Å². The van der Waals surface area contributed by atoms with Gasteiger partial charge in [-0.2, -0.15) is 9.97 Å². The van der Waals surface area contributed by atoms with E-state index in [1.807, 2.05) is 0 Å². The van der Waals surface area contributed by atoms with Gasteiger partial charge in [0.05, 0.1) is 25.3 Å². The quantitative estimate of drug-likeness (QED) is 0.655. The van der Waals surface area contributed by atoms with Crippen molar-refractivity contribution < 1.29 is 14.6 Å². The van der Waals surface area contributed by atoms with Gasteiger partial charge in [-0.25, -0.2) is 4.98 Å². The third-order valence-corrected chi connectivity index (χ3v) is 4.80. The monoisotopic (exact) mass is 379 g/mol. The van der Waals surface area contributed by atoms with E-state index in [2.05, 4.69) is 20.3 Å². The number of nitrogens with zero attached hydrogens (tertiary/aromatic N) is 3. The maximum Gasteiger partial charge on any atom is 0.224 e. The van der Waals surface area contributed by atoms with Crippen molar-refractivity contribution >= 4 is 23.4 Å². The van der Waals surface area contributed by atoms with Gasteiger partial charge in [0.1, 0.15) is 11.0 Å². The second-order valence-corrected chi connectivity index (χ2v) is 6.57. The van der Waals surface area contributed by atoms with Crippen LogP contribution in [0.4, 0.5) is 11.8 Å². The number of hydrogen-bond acceptors (Lipinski definition) is 8. The molecule has 9 heteroatoms.